The van der Waals surface area contributed by atoms with E-state index in [0.717, 1.165) is 34.6 Å². The fourth-order valence-corrected chi connectivity index (χ4v) is 3.63. The van der Waals surface area contributed by atoms with Crippen LogP contribution in [0.3, 0.4) is 0 Å². The molecule has 8 heteroatoms. The summed E-state index contributed by atoms with van der Waals surface area (Å²) in [6, 6.07) is 14.8. The zero-order valence-corrected chi connectivity index (χ0v) is 17.4. The molecule has 0 aliphatic carbocycles. The fraction of sp³-hybridized carbons (Fsp3) is 0.167. The lowest BCUT2D eigenvalue weighted by molar-refractivity contribution is 0.290. The second-order valence-corrected chi connectivity index (χ2v) is 7.27. The van der Waals surface area contributed by atoms with Gasteiger partial charge in [0.1, 0.15) is 18.1 Å². The molecular weight excluding hydrogens is 408 g/mol. The van der Waals surface area contributed by atoms with E-state index >= 15 is 0 Å². The minimum atomic E-state index is -0.321. The van der Waals surface area contributed by atoms with Crippen LogP contribution in [0.2, 0.25) is 0 Å². The van der Waals surface area contributed by atoms with Crippen LogP contribution in [-0.4, -0.2) is 26.6 Å². The molecular formula is C24H20N4O4. The second kappa shape index (κ2) is 8.50. The molecule has 4 heterocycles. The fourth-order valence-electron chi connectivity index (χ4n) is 3.63. The molecule has 3 aromatic heterocycles. The smallest absolute Gasteiger partial charge is 0.351 e. The highest BCUT2D eigenvalue weighted by molar-refractivity contribution is 5.67. The molecule has 1 aromatic carbocycles. The van der Waals surface area contributed by atoms with Gasteiger partial charge in [0, 0.05) is 48.4 Å². The van der Waals surface area contributed by atoms with Crippen LogP contribution in [0.5, 0.6) is 23.3 Å². The number of aryl methyl sites for hydroxylation is 1. The van der Waals surface area contributed by atoms with Crippen LogP contribution in [0, 0.1) is 0 Å². The standard InChI is InChI=1S/C24H20N4O4/c1-30-19-3-4-20-17(12-19)8-11-28-21(20)13-23(27-24(28)29)31-15-16-2-5-22(26-14-16)32-18-6-9-25-10-7-18/h2-7,9-10,12-14H,8,11,15H2,1H3. The van der Waals surface area contributed by atoms with Crippen LogP contribution in [-0.2, 0) is 19.6 Å². The predicted octanol–water partition coefficient (Wildman–Crippen LogP) is 3.64. The van der Waals surface area contributed by atoms with Gasteiger partial charge in [-0.25, -0.2) is 9.78 Å². The molecule has 5 rings (SSSR count). The van der Waals surface area contributed by atoms with Crippen molar-refractivity contribution >= 4 is 0 Å². The molecule has 1 aliphatic heterocycles. The van der Waals surface area contributed by atoms with Crippen LogP contribution in [0.15, 0.2) is 71.9 Å². The van der Waals surface area contributed by atoms with Crippen LogP contribution >= 0.6 is 0 Å². The first-order chi connectivity index (χ1) is 15.7. The summed E-state index contributed by atoms with van der Waals surface area (Å²) in [5.41, 5.74) is 3.42. The molecule has 0 fully saturated rings. The summed E-state index contributed by atoms with van der Waals surface area (Å²) in [7, 11) is 1.64. The molecule has 0 spiro atoms. The summed E-state index contributed by atoms with van der Waals surface area (Å²) in [6.07, 6.45) is 5.73. The maximum absolute atomic E-state index is 12.6. The summed E-state index contributed by atoms with van der Waals surface area (Å²) in [4.78, 5) is 24.9. The van der Waals surface area contributed by atoms with Gasteiger partial charge in [0.05, 0.1) is 12.8 Å². The zero-order chi connectivity index (χ0) is 21.9. The third-order valence-electron chi connectivity index (χ3n) is 5.24. The van der Waals surface area contributed by atoms with Crippen molar-refractivity contribution in [1.29, 1.82) is 0 Å². The number of hydrogen-bond donors (Lipinski definition) is 0. The third-order valence-corrected chi connectivity index (χ3v) is 5.24. The number of pyridine rings is 2. The normalized spacial score (nSPS) is 11.9. The van der Waals surface area contributed by atoms with E-state index in [1.54, 1.807) is 54.5 Å². The summed E-state index contributed by atoms with van der Waals surface area (Å²) in [5.74, 6) is 2.21. The van der Waals surface area contributed by atoms with E-state index in [-0.39, 0.29) is 18.2 Å². The monoisotopic (exact) mass is 428 g/mol. The Morgan fingerprint density at radius 2 is 1.88 bits per heavy atom. The van der Waals surface area contributed by atoms with Gasteiger partial charge in [-0.1, -0.05) is 0 Å². The van der Waals surface area contributed by atoms with Crippen LogP contribution in [0.1, 0.15) is 11.1 Å². The van der Waals surface area contributed by atoms with E-state index in [4.69, 9.17) is 14.2 Å². The number of fused-ring (bicyclic) bond motifs is 3. The van der Waals surface area contributed by atoms with Crippen molar-refractivity contribution < 1.29 is 14.2 Å². The van der Waals surface area contributed by atoms with Crippen molar-refractivity contribution in [3.8, 4) is 34.5 Å². The van der Waals surface area contributed by atoms with Crippen LogP contribution in [0.25, 0.3) is 11.3 Å². The van der Waals surface area contributed by atoms with E-state index in [1.807, 2.05) is 24.3 Å². The average molecular weight is 428 g/mol. The molecule has 0 bridgehead atoms. The van der Waals surface area contributed by atoms with Gasteiger partial charge >= 0.3 is 5.69 Å². The summed E-state index contributed by atoms with van der Waals surface area (Å²) in [6.45, 7) is 0.804. The maximum Gasteiger partial charge on any atom is 0.351 e. The first-order valence-electron chi connectivity index (χ1n) is 10.1. The molecule has 160 valence electrons. The van der Waals surface area contributed by atoms with E-state index in [9.17, 15) is 4.79 Å². The van der Waals surface area contributed by atoms with Gasteiger partial charge in [-0.05, 0) is 48.4 Å². The number of nitrogens with zero attached hydrogens (tertiary/aromatic N) is 4. The van der Waals surface area contributed by atoms with E-state index in [2.05, 4.69) is 15.0 Å². The Kier molecular flexibility index (Phi) is 5.25. The highest BCUT2D eigenvalue weighted by atomic mass is 16.5. The van der Waals surface area contributed by atoms with Gasteiger partial charge < -0.3 is 14.2 Å². The largest absolute Gasteiger partial charge is 0.497 e. The minimum absolute atomic E-state index is 0.230. The lowest BCUT2D eigenvalue weighted by Crippen LogP contribution is -2.28. The van der Waals surface area contributed by atoms with Crippen molar-refractivity contribution in [2.24, 2.45) is 0 Å². The third kappa shape index (κ3) is 4.02. The molecule has 0 radical (unpaired) electrons. The van der Waals surface area contributed by atoms with Crippen LogP contribution < -0.4 is 19.9 Å². The number of rotatable bonds is 6. The highest BCUT2D eigenvalue weighted by Gasteiger charge is 2.19. The van der Waals surface area contributed by atoms with Gasteiger partial charge in [0.25, 0.3) is 0 Å². The average Bonchev–Trinajstić information content (AvgIpc) is 2.83. The Hall–Kier alpha value is -4.20. The molecule has 0 atom stereocenters. The maximum atomic E-state index is 12.6. The molecule has 4 aromatic rings. The molecule has 0 saturated carbocycles. The van der Waals surface area contributed by atoms with Crippen molar-refractivity contribution in [3.05, 3.63) is 88.7 Å². The van der Waals surface area contributed by atoms with E-state index in [0.29, 0.717) is 18.2 Å². The number of ether oxygens (including phenoxy) is 3. The second-order valence-electron chi connectivity index (χ2n) is 7.27. The number of hydrogen-bond acceptors (Lipinski definition) is 7. The van der Waals surface area contributed by atoms with E-state index < -0.39 is 0 Å². The van der Waals surface area contributed by atoms with Gasteiger partial charge in [0.2, 0.25) is 11.8 Å². The van der Waals surface area contributed by atoms with Gasteiger partial charge in [-0.3, -0.25) is 9.55 Å². The van der Waals surface area contributed by atoms with Gasteiger partial charge in [-0.2, -0.15) is 4.98 Å². The Balaban J connectivity index is 1.32. The minimum Gasteiger partial charge on any atom is -0.497 e. The molecule has 1 aliphatic rings. The first-order valence-corrected chi connectivity index (χ1v) is 10.1. The molecule has 8 nitrogen and oxygen atoms in total. The Bertz CT molecular complexity index is 1300. The SMILES string of the molecule is COc1ccc2c(c1)CCn1c-2cc(OCc2ccc(Oc3ccncc3)nc2)nc1=O. The Labute approximate surface area is 184 Å². The van der Waals surface area contributed by atoms with Crippen molar-refractivity contribution in [1.82, 2.24) is 19.5 Å². The summed E-state index contributed by atoms with van der Waals surface area (Å²) in [5, 5.41) is 0. The topological polar surface area (TPSA) is 88.4 Å². The molecule has 0 unspecified atom stereocenters. The lowest BCUT2D eigenvalue weighted by atomic mass is 9.97. The number of methoxy groups -OCH3 is 1. The first kappa shape index (κ1) is 19.7. The van der Waals surface area contributed by atoms with Crippen molar-refractivity contribution in [2.75, 3.05) is 7.11 Å². The Morgan fingerprint density at radius 3 is 2.66 bits per heavy atom. The number of aromatic nitrogens is 4. The van der Waals surface area contributed by atoms with Gasteiger partial charge in [-0.15, -0.1) is 0 Å². The van der Waals surface area contributed by atoms with Gasteiger partial charge in [0.15, 0.2) is 0 Å². The number of benzene rings is 1. The molecule has 0 saturated heterocycles. The summed E-state index contributed by atoms with van der Waals surface area (Å²) < 4.78 is 18.5. The van der Waals surface area contributed by atoms with Crippen LogP contribution in [0.4, 0.5) is 0 Å². The van der Waals surface area contributed by atoms with E-state index in [1.165, 1.54) is 0 Å². The quantitative estimate of drug-likeness (QED) is 0.463. The molecule has 0 amide bonds. The lowest BCUT2D eigenvalue weighted by Gasteiger charge is -2.22. The van der Waals surface area contributed by atoms with Crippen molar-refractivity contribution in [2.45, 2.75) is 19.6 Å². The molecule has 0 N–H and O–H groups in total. The zero-order valence-electron chi connectivity index (χ0n) is 17.4. The Morgan fingerprint density at radius 1 is 1.00 bits per heavy atom. The predicted molar refractivity (Wildman–Crippen MR) is 117 cm³/mol. The van der Waals surface area contributed by atoms with Crippen molar-refractivity contribution in [3.63, 3.8) is 0 Å². The summed E-state index contributed by atoms with van der Waals surface area (Å²) >= 11 is 0. The molecule has 32 heavy (non-hydrogen) atoms. The highest BCUT2D eigenvalue weighted by Crippen LogP contribution is 2.32.